The second kappa shape index (κ2) is 2.60. The summed E-state index contributed by atoms with van der Waals surface area (Å²) in [6, 6.07) is 6.98. The second-order valence-corrected chi connectivity index (χ2v) is 5.11. The Kier molecular flexibility index (Phi) is 1.58. The number of hydrogen-bond acceptors (Lipinski definition) is 1. The molecule has 0 saturated heterocycles. The average Bonchev–Trinajstić information content (AvgIpc) is 2.88. The molecular weight excluding hydrogens is 170 g/mol. The van der Waals surface area contributed by atoms with Gasteiger partial charge in [0.2, 0.25) is 0 Å². The Labute approximate surface area is 85.7 Å². The number of nitrogens with zero attached hydrogens (tertiary/aromatic N) is 1. The highest BCUT2D eigenvalue weighted by molar-refractivity contribution is 5.43. The number of hydrogen-bond donors (Lipinski definition) is 0. The summed E-state index contributed by atoms with van der Waals surface area (Å²) in [6.07, 6.45) is 2.79. The Bertz CT molecular complexity index is 377. The van der Waals surface area contributed by atoms with E-state index in [4.69, 9.17) is 0 Å². The molecule has 0 bridgehead atoms. The smallest absolute Gasteiger partial charge is 0.0234 e. The minimum atomic E-state index is 0.550. The minimum absolute atomic E-state index is 0.550. The van der Waals surface area contributed by atoms with Crippen molar-refractivity contribution in [2.24, 2.45) is 0 Å². The zero-order valence-electron chi connectivity index (χ0n) is 9.01. The predicted molar refractivity (Wildman–Crippen MR) is 58.4 cm³/mol. The van der Waals surface area contributed by atoms with Gasteiger partial charge in [-0.15, -0.1) is 0 Å². The van der Waals surface area contributed by atoms with Crippen LogP contribution in [0.3, 0.4) is 0 Å². The van der Waals surface area contributed by atoms with E-state index in [9.17, 15) is 0 Å². The molecule has 0 aromatic heterocycles. The van der Waals surface area contributed by atoms with Crippen LogP contribution >= 0.6 is 0 Å². The van der Waals surface area contributed by atoms with Crippen molar-refractivity contribution < 1.29 is 0 Å². The van der Waals surface area contributed by atoms with E-state index >= 15 is 0 Å². The first-order chi connectivity index (χ1) is 6.70. The third-order valence-electron chi connectivity index (χ3n) is 3.70. The van der Waals surface area contributed by atoms with Gasteiger partial charge in [0, 0.05) is 18.5 Å². The summed E-state index contributed by atoms with van der Waals surface area (Å²) in [5, 5.41) is 0. The second-order valence-electron chi connectivity index (χ2n) is 5.11. The van der Waals surface area contributed by atoms with Gasteiger partial charge >= 0.3 is 0 Å². The normalized spacial score (nSPS) is 23.6. The van der Waals surface area contributed by atoms with Gasteiger partial charge in [-0.2, -0.15) is 0 Å². The van der Waals surface area contributed by atoms with Crippen LogP contribution in [-0.2, 0) is 12.0 Å². The van der Waals surface area contributed by atoms with Gasteiger partial charge in [0.05, 0.1) is 0 Å². The van der Waals surface area contributed by atoms with Gasteiger partial charge in [-0.05, 0) is 37.9 Å². The first kappa shape index (κ1) is 8.49. The van der Waals surface area contributed by atoms with Gasteiger partial charge in [0.15, 0.2) is 0 Å². The molecule has 1 fully saturated rings. The first-order valence-electron chi connectivity index (χ1n) is 5.48. The van der Waals surface area contributed by atoms with Crippen LogP contribution in [0.1, 0.15) is 29.5 Å². The lowest BCUT2D eigenvalue weighted by Crippen LogP contribution is -2.35. The topological polar surface area (TPSA) is 3.24 Å². The van der Waals surface area contributed by atoms with E-state index in [-0.39, 0.29) is 0 Å². The molecule has 1 saturated carbocycles. The van der Waals surface area contributed by atoms with Crippen LogP contribution in [0.25, 0.3) is 0 Å². The molecule has 1 heteroatoms. The highest BCUT2D eigenvalue weighted by Gasteiger charge is 2.48. The molecule has 0 radical (unpaired) electrons. The van der Waals surface area contributed by atoms with Crippen LogP contribution in [0.15, 0.2) is 18.2 Å². The largest absolute Gasteiger partial charge is 0.301 e. The Morgan fingerprint density at radius 3 is 2.79 bits per heavy atom. The molecule has 2 aliphatic rings. The van der Waals surface area contributed by atoms with E-state index in [0.717, 1.165) is 6.54 Å². The summed E-state index contributed by atoms with van der Waals surface area (Å²) in [4.78, 5) is 2.46. The maximum atomic E-state index is 2.46. The van der Waals surface area contributed by atoms with Gasteiger partial charge in [-0.3, -0.25) is 0 Å². The fraction of sp³-hybridized carbons (Fsp3) is 0.538. The monoisotopic (exact) mass is 187 g/mol. The quantitative estimate of drug-likeness (QED) is 0.603. The van der Waals surface area contributed by atoms with Crippen LogP contribution in [0.5, 0.6) is 0 Å². The fourth-order valence-electron chi connectivity index (χ4n) is 2.85. The fourth-order valence-corrected chi connectivity index (χ4v) is 2.85. The van der Waals surface area contributed by atoms with Gasteiger partial charge in [0.25, 0.3) is 0 Å². The molecule has 1 nitrogen and oxygen atoms in total. The third kappa shape index (κ3) is 1.12. The molecule has 1 aliphatic carbocycles. The standard InChI is InChI=1S/C13H17N/c1-10-3-4-11-8-14(2)9-13(5-6-13)12(11)7-10/h3-4,7H,5-6,8-9H2,1-2H3. The SMILES string of the molecule is Cc1ccc2c(c1)C1(CC1)CN(C)C2. The highest BCUT2D eigenvalue weighted by Crippen LogP contribution is 2.52. The summed E-state index contributed by atoms with van der Waals surface area (Å²) in [6.45, 7) is 4.61. The maximum absolute atomic E-state index is 2.46. The van der Waals surface area contributed by atoms with Crippen LogP contribution in [0.2, 0.25) is 0 Å². The maximum Gasteiger partial charge on any atom is 0.0234 e. The summed E-state index contributed by atoms with van der Waals surface area (Å²) in [5.41, 5.74) is 5.17. The number of fused-ring (bicyclic) bond motifs is 2. The van der Waals surface area contributed by atoms with Crippen LogP contribution in [0, 0.1) is 6.92 Å². The van der Waals surface area contributed by atoms with Crippen LogP contribution in [0.4, 0.5) is 0 Å². The Balaban J connectivity index is 2.13. The zero-order valence-corrected chi connectivity index (χ0v) is 9.01. The lowest BCUT2D eigenvalue weighted by atomic mass is 9.86. The number of rotatable bonds is 0. The summed E-state index contributed by atoms with van der Waals surface area (Å²) >= 11 is 0. The van der Waals surface area contributed by atoms with E-state index in [2.05, 4.69) is 37.1 Å². The molecule has 1 aliphatic heterocycles. The van der Waals surface area contributed by atoms with Gasteiger partial charge in [-0.25, -0.2) is 0 Å². The molecule has 1 aromatic rings. The minimum Gasteiger partial charge on any atom is -0.301 e. The number of likely N-dealkylation sites (N-methyl/N-ethyl adjacent to an activating group) is 1. The van der Waals surface area contributed by atoms with Crippen molar-refractivity contribution in [3.8, 4) is 0 Å². The molecule has 3 rings (SSSR count). The molecular formula is C13H17N. The summed E-state index contributed by atoms with van der Waals surface area (Å²) in [5.74, 6) is 0. The van der Waals surface area contributed by atoms with E-state index in [0.29, 0.717) is 5.41 Å². The molecule has 0 atom stereocenters. The van der Waals surface area contributed by atoms with Crippen molar-refractivity contribution in [3.05, 3.63) is 34.9 Å². The van der Waals surface area contributed by atoms with Gasteiger partial charge in [0.1, 0.15) is 0 Å². The lowest BCUT2D eigenvalue weighted by molar-refractivity contribution is 0.271. The first-order valence-corrected chi connectivity index (χ1v) is 5.48. The molecule has 1 heterocycles. The van der Waals surface area contributed by atoms with E-state index in [1.165, 1.54) is 24.9 Å². The highest BCUT2D eigenvalue weighted by atomic mass is 15.1. The molecule has 0 unspecified atom stereocenters. The van der Waals surface area contributed by atoms with Gasteiger partial charge in [-0.1, -0.05) is 23.8 Å². The van der Waals surface area contributed by atoms with E-state index < -0.39 is 0 Å². The molecule has 0 amide bonds. The Morgan fingerprint density at radius 2 is 2.07 bits per heavy atom. The van der Waals surface area contributed by atoms with Crippen molar-refractivity contribution in [3.63, 3.8) is 0 Å². The molecule has 0 N–H and O–H groups in total. The zero-order chi connectivity index (χ0) is 9.76. The Morgan fingerprint density at radius 1 is 1.29 bits per heavy atom. The van der Waals surface area contributed by atoms with Crippen molar-refractivity contribution in [2.75, 3.05) is 13.6 Å². The molecule has 1 aromatic carbocycles. The van der Waals surface area contributed by atoms with Crippen LogP contribution < -0.4 is 0 Å². The third-order valence-corrected chi connectivity index (χ3v) is 3.70. The van der Waals surface area contributed by atoms with Crippen molar-refractivity contribution in [2.45, 2.75) is 31.7 Å². The number of benzene rings is 1. The summed E-state index contributed by atoms with van der Waals surface area (Å²) in [7, 11) is 2.24. The molecule has 1 spiro atoms. The van der Waals surface area contributed by atoms with Crippen molar-refractivity contribution in [1.82, 2.24) is 4.90 Å². The van der Waals surface area contributed by atoms with Crippen LogP contribution in [-0.4, -0.2) is 18.5 Å². The number of aryl methyl sites for hydroxylation is 1. The van der Waals surface area contributed by atoms with E-state index in [1.54, 1.807) is 11.1 Å². The van der Waals surface area contributed by atoms with Crippen molar-refractivity contribution in [1.29, 1.82) is 0 Å². The van der Waals surface area contributed by atoms with Crippen molar-refractivity contribution >= 4 is 0 Å². The Hall–Kier alpha value is -0.820. The van der Waals surface area contributed by atoms with Gasteiger partial charge < -0.3 is 4.90 Å². The average molecular weight is 187 g/mol. The molecule has 74 valence electrons. The summed E-state index contributed by atoms with van der Waals surface area (Å²) < 4.78 is 0. The van der Waals surface area contributed by atoms with E-state index in [1.807, 2.05) is 0 Å². The molecule has 14 heavy (non-hydrogen) atoms. The predicted octanol–water partition coefficient (Wildman–Crippen LogP) is 2.47. The lowest BCUT2D eigenvalue weighted by Gasteiger charge is -2.32.